The molecule has 1 saturated heterocycles. The molecule has 1 atom stereocenters. The Morgan fingerprint density at radius 1 is 1.43 bits per heavy atom. The number of carbonyl (C=O) groups excluding carboxylic acids is 1. The fraction of sp³-hybridized carbons (Fsp3) is 0.571. The number of carbonyl (C=O) groups is 1. The highest BCUT2D eigenvalue weighted by Crippen LogP contribution is 2.23. The number of aromatic nitrogens is 2. The minimum Gasteiger partial charge on any atom is -0.382 e. The maximum absolute atomic E-state index is 12.4. The summed E-state index contributed by atoms with van der Waals surface area (Å²) in [6, 6.07) is 1.92. The monoisotopic (exact) mass is 305 g/mol. The summed E-state index contributed by atoms with van der Waals surface area (Å²) in [5, 5.41) is 8.98. The van der Waals surface area contributed by atoms with Crippen molar-refractivity contribution in [1.82, 2.24) is 14.9 Å². The number of nitrogen functional groups attached to an aromatic ring is 1. The number of nitrogens with zero attached hydrogens (tertiary/aromatic N) is 4. The molecule has 21 heavy (non-hydrogen) atoms. The number of nitrogens with two attached hydrogens (primary N) is 1. The molecule has 0 aliphatic carbocycles. The summed E-state index contributed by atoms with van der Waals surface area (Å²) in [6.07, 6.45) is 5.93. The average molecular weight is 305 g/mol. The number of rotatable bonds is 3. The molecule has 6 nitrogen and oxygen atoms in total. The fourth-order valence-electron chi connectivity index (χ4n) is 2.28. The van der Waals surface area contributed by atoms with Gasteiger partial charge in [0, 0.05) is 13.1 Å². The van der Waals surface area contributed by atoms with Crippen molar-refractivity contribution in [2.75, 3.05) is 18.8 Å². The summed E-state index contributed by atoms with van der Waals surface area (Å²) in [6.45, 7) is 3.52. The first-order valence-corrected chi connectivity index (χ1v) is 7.98. The fourth-order valence-corrected chi connectivity index (χ4v) is 3.11. The maximum Gasteiger partial charge on any atom is 0.235 e. The van der Waals surface area contributed by atoms with Gasteiger partial charge >= 0.3 is 0 Å². The minimum absolute atomic E-state index is 0.119. The van der Waals surface area contributed by atoms with E-state index in [1.807, 2.05) is 17.9 Å². The van der Waals surface area contributed by atoms with E-state index in [4.69, 9.17) is 11.0 Å². The second-order valence-electron chi connectivity index (χ2n) is 5.06. The van der Waals surface area contributed by atoms with Crippen molar-refractivity contribution in [3.05, 3.63) is 11.8 Å². The van der Waals surface area contributed by atoms with Gasteiger partial charge in [-0.15, -0.1) is 0 Å². The van der Waals surface area contributed by atoms with Gasteiger partial charge in [0.2, 0.25) is 5.91 Å². The Kier molecular flexibility index (Phi) is 5.39. The number of amides is 1. The van der Waals surface area contributed by atoms with E-state index in [1.54, 1.807) is 0 Å². The predicted molar refractivity (Wildman–Crippen MR) is 81.5 cm³/mol. The van der Waals surface area contributed by atoms with Crippen LogP contribution in [0.2, 0.25) is 0 Å². The van der Waals surface area contributed by atoms with Crippen LogP contribution in [-0.2, 0) is 4.79 Å². The first-order chi connectivity index (χ1) is 10.1. The lowest BCUT2D eigenvalue weighted by molar-refractivity contribution is -0.130. The number of nitriles is 1. The molecule has 0 saturated carbocycles. The Hall–Kier alpha value is -1.81. The van der Waals surface area contributed by atoms with Gasteiger partial charge in [0.25, 0.3) is 0 Å². The normalized spacial score (nSPS) is 16.9. The lowest BCUT2D eigenvalue weighted by atomic mass is 10.2. The molecule has 2 rings (SSSR count). The minimum atomic E-state index is -0.254. The predicted octanol–water partition coefficient (Wildman–Crippen LogP) is 1.81. The van der Waals surface area contributed by atoms with Gasteiger partial charge < -0.3 is 10.6 Å². The van der Waals surface area contributed by atoms with E-state index in [0.717, 1.165) is 25.9 Å². The van der Waals surface area contributed by atoms with Gasteiger partial charge in [0.05, 0.1) is 11.4 Å². The molecule has 0 unspecified atom stereocenters. The smallest absolute Gasteiger partial charge is 0.235 e. The first-order valence-electron chi connectivity index (χ1n) is 7.10. The van der Waals surface area contributed by atoms with Gasteiger partial charge in [0.1, 0.15) is 17.5 Å². The van der Waals surface area contributed by atoms with Crippen LogP contribution in [-0.4, -0.2) is 39.1 Å². The third-order valence-corrected chi connectivity index (χ3v) is 4.43. The van der Waals surface area contributed by atoms with Crippen molar-refractivity contribution in [3.8, 4) is 6.07 Å². The van der Waals surface area contributed by atoms with E-state index in [0.29, 0.717) is 5.16 Å². The van der Waals surface area contributed by atoms with Crippen molar-refractivity contribution in [3.63, 3.8) is 0 Å². The molecule has 1 fully saturated rings. The zero-order chi connectivity index (χ0) is 15.2. The lowest BCUT2D eigenvalue weighted by Gasteiger charge is -2.23. The number of hydrogen-bond donors (Lipinski definition) is 1. The van der Waals surface area contributed by atoms with Gasteiger partial charge in [-0.05, 0) is 19.8 Å². The van der Waals surface area contributed by atoms with Gasteiger partial charge in [-0.2, -0.15) is 5.26 Å². The molecule has 1 aromatic rings. The molecule has 112 valence electrons. The summed E-state index contributed by atoms with van der Waals surface area (Å²) in [5.41, 5.74) is 5.92. The Bertz CT molecular complexity index is 549. The molecule has 1 amide bonds. The van der Waals surface area contributed by atoms with E-state index in [9.17, 15) is 4.79 Å². The molecule has 1 aliphatic rings. The molecular weight excluding hydrogens is 286 g/mol. The van der Waals surface area contributed by atoms with Crippen LogP contribution in [0.3, 0.4) is 0 Å². The molecule has 2 N–H and O–H groups in total. The van der Waals surface area contributed by atoms with Crippen LogP contribution in [0.5, 0.6) is 0 Å². The van der Waals surface area contributed by atoms with E-state index in [1.165, 1.54) is 30.8 Å². The van der Waals surface area contributed by atoms with Crippen LogP contribution in [0.1, 0.15) is 38.2 Å². The molecule has 1 aromatic heterocycles. The number of thioether (sulfide) groups is 1. The van der Waals surface area contributed by atoms with Crippen LogP contribution < -0.4 is 5.73 Å². The second kappa shape index (κ2) is 7.27. The highest BCUT2D eigenvalue weighted by molar-refractivity contribution is 8.00. The van der Waals surface area contributed by atoms with E-state index >= 15 is 0 Å². The molecule has 0 radical (unpaired) electrons. The Balaban J connectivity index is 2.00. The highest BCUT2D eigenvalue weighted by atomic mass is 32.2. The Labute approximate surface area is 128 Å². The second-order valence-corrected chi connectivity index (χ2v) is 6.37. The summed E-state index contributed by atoms with van der Waals surface area (Å²) >= 11 is 1.28. The van der Waals surface area contributed by atoms with E-state index < -0.39 is 0 Å². The van der Waals surface area contributed by atoms with Crippen molar-refractivity contribution in [1.29, 1.82) is 5.26 Å². The largest absolute Gasteiger partial charge is 0.382 e. The van der Waals surface area contributed by atoms with E-state index in [2.05, 4.69) is 9.97 Å². The summed E-state index contributed by atoms with van der Waals surface area (Å²) in [7, 11) is 0. The molecule has 7 heteroatoms. The molecule has 0 aromatic carbocycles. The van der Waals surface area contributed by atoms with Crippen molar-refractivity contribution in [2.45, 2.75) is 43.0 Å². The standard InChI is InChI=1S/C14H19N5OS/c1-10(13(20)19-6-4-2-3-5-7-19)21-14-17-9-11(8-15)12(16)18-14/h9-10H,2-7H2,1H3,(H2,16,17,18)/t10-/m0/s1. The van der Waals surface area contributed by atoms with Gasteiger partial charge in [-0.1, -0.05) is 24.6 Å². The zero-order valence-corrected chi connectivity index (χ0v) is 12.9. The number of anilines is 1. The van der Waals surface area contributed by atoms with Crippen molar-refractivity contribution < 1.29 is 4.79 Å². The maximum atomic E-state index is 12.4. The molecule has 1 aliphatic heterocycles. The summed E-state index contributed by atoms with van der Waals surface area (Å²) in [4.78, 5) is 22.5. The zero-order valence-electron chi connectivity index (χ0n) is 12.1. The number of hydrogen-bond acceptors (Lipinski definition) is 6. The van der Waals surface area contributed by atoms with Gasteiger partial charge in [-0.3, -0.25) is 4.79 Å². The third-order valence-electron chi connectivity index (χ3n) is 3.46. The van der Waals surface area contributed by atoms with Gasteiger partial charge in [-0.25, -0.2) is 9.97 Å². The quantitative estimate of drug-likeness (QED) is 0.676. The van der Waals surface area contributed by atoms with Crippen LogP contribution in [0.25, 0.3) is 0 Å². The number of likely N-dealkylation sites (tertiary alicyclic amines) is 1. The van der Waals surface area contributed by atoms with E-state index in [-0.39, 0.29) is 22.5 Å². The average Bonchev–Trinajstić information content (AvgIpc) is 2.75. The summed E-state index contributed by atoms with van der Waals surface area (Å²) < 4.78 is 0. The summed E-state index contributed by atoms with van der Waals surface area (Å²) in [5.74, 6) is 0.276. The molecule has 2 heterocycles. The topological polar surface area (TPSA) is 95.9 Å². The van der Waals surface area contributed by atoms with Crippen LogP contribution in [0, 0.1) is 11.3 Å². The first kappa shape index (κ1) is 15.6. The van der Waals surface area contributed by atoms with Crippen molar-refractivity contribution >= 4 is 23.5 Å². The Morgan fingerprint density at radius 2 is 2.10 bits per heavy atom. The van der Waals surface area contributed by atoms with Crippen LogP contribution in [0.15, 0.2) is 11.4 Å². The third kappa shape index (κ3) is 4.08. The van der Waals surface area contributed by atoms with Crippen LogP contribution in [0.4, 0.5) is 5.82 Å². The molecular formula is C14H19N5OS. The van der Waals surface area contributed by atoms with Crippen LogP contribution >= 0.6 is 11.8 Å². The van der Waals surface area contributed by atoms with Crippen molar-refractivity contribution in [2.24, 2.45) is 0 Å². The Morgan fingerprint density at radius 3 is 2.67 bits per heavy atom. The molecule has 0 spiro atoms. The SMILES string of the molecule is C[C@H](Sc1ncc(C#N)c(N)n1)C(=O)N1CCCCCC1. The molecule has 0 bridgehead atoms. The lowest BCUT2D eigenvalue weighted by Crippen LogP contribution is -2.37. The van der Waals surface area contributed by atoms with Gasteiger partial charge in [0.15, 0.2) is 5.16 Å². The highest BCUT2D eigenvalue weighted by Gasteiger charge is 2.23.